The number of carbonyl (C=O) groups excluding carboxylic acids is 2. The Morgan fingerprint density at radius 2 is 2.00 bits per heavy atom. The fourth-order valence-corrected chi connectivity index (χ4v) is 5.63. The third-order valence-corrected chi connectivity index (χ3v) is 7.31. The highest BCUT2D eigenvalue weighted by molar-refractivity contribution is 6.29. The predicted molar refractivity (Wildman–Crippen MR) is 132 cm³/mol. The molecule has 1 saturated carbocycles. The monoisotopic (exact) mass is 544 g/mol. The second-order valence-corrected chi connectivity index (χ2v) is 9.95. The number of aryl methyl sites for hydroxylation is 1. The number of carbonyl (C=O) groups is 2. The Balaban J connectivity index is 1.37. The van der Waals surface area contributed by atoms with E-state index in [-0.39, 0.29) is 57.6 Å². The molecule has 1 saturated heterocycles. The van der Waals surface area contributed by atoms with Gasteiger partial charge in [-0.2, -0.15) is 13.2 Å². The van der Waals surface area contributed by atoms with Gasteiger partial charge in [-0.25, -0.2) is 15.0 Å². The summed E-state index contributed by atoms with van der Waals surface area (Å²) in [6.45, 7) is 1.29. The Hall–Kier alpha value is -4.00. The van der Waals surface area contributed by atoms with Gasteiger partial charge in [0.1, 0.15) is 35.5 Å². The minimum Gasteiger partial charge on any atom is -0.383 e. The van der Waals surface area contributed by atoms with Crippen molar-refractivity contribution in [1.82, 2.24) is 29.4 Å². The molecule has 0 radical (unpaired) electrons. The van der Waals surface area contributed by atoms with Crippen molar-refractivity contribution >= 4 is 57.0 Å². The number of amides is 2. The van der Waals surface area contributed by atoms with Crippen LogP contribution < -0.4 is 11.1 Å². The van der Waals surface area contributed by atoms with Crippen LogP contribution in [-0.4, -0.2) is 53.3 Å². The van der Waals surface area contributed by atoms with E-state index in [1.165, 1.54) is 25.6 Å². The number of nitrogens with two attached hydrogens (primary N) is 1. The Labute approximate surface area is 218 Å². The summed E-state index contributed by atoms with van der Waals surface area (Å²) in [5.41, 5.74) is 6.17. The molecule has 2 aliphatic rings. The average molecular weight is 545 g/mol. The number of aromatic nitrogens is 5. The first-order valence-corrected chi connectivity index (χ1v) is 12.1. The first-order valence-electron chi connectivity index (χ1n) is 11.7. The maximum Gasteiger partial charge on any atom is 0.416 e. The van der Waals surface area contributed by atoms with Crippen LogP contribution in [0.1, 0.15) is 24.0 Å². The smallest absolute Gasteiger partial charge is 0.383 e. The van der Waals surface area contributed by atoms with Crippen molar-refractivity contribution in [2.45, 2.75) is 44.6 Å². The molecule has 2 fully saturated rings. The van der Waals surface area contributed by atoms with Crippen molar-refractivity contribution in [3.05, 3.63) is 47.1 Å². The molecule has 2 amide bonds. The van der Waals surface area contributed by atoms with E-state index in [4.69, 9.17) is 17.3 Å². The minimum absolute atomic E-state index is 0.00763. The van der Waals surface area contributed by atoms with Gasteiger partial charge in [0.15, 0.2) is 5.82 Å². The molecule has 4 aromatic rings. The van der Waals surface area contributed by atoms with E-state index >= 15 is 0 Å². The quantitative estimate of drug-likeness (QED) is 0.401. The number of fused-ring (bicyclic) bond motifs is 4. The van der Waals surface area contributed by atoms with Gasteiger partial charge in [0.25, 0.3) is 0 Å². The summed E-state index contributed by atoms with van der Waals surface area (Å²) >= 11 is 5.86. The second kappa shape index (κ2) is 8.51. The predicted octanol–water partition coefficient (Wildman–Crippen LogP) is 3.57. The second-order valence-electron chi connectivity index (χ2n) is 9.56. The largest absolute Gasteiger partial charge is 0.416 e. The molecule has 196 valence electrons. The number of benzene rings is 1. The van der Waals surface area contributed by atoms with Crippen molar-refractivity contribution in [2.75, 3.05) is 11.1 Å². The summed E-state index contributed by atoms with van der Waals surface area (Å²) in [5.74, 6) is -0.397. The van der Waals surface area contributed by atoms with Crippen LogP contribution in [0.5, 0.6) is 0 Å². The number of nitrogens with zero attached hydrogens (tertiary/aromatic N) is 6. The molecular weight excluding hydrogens is 525 g/mol. The number of rotatable bonds is 4. The van der Waals surface area contributed by atoms with Crippen LogP contribution in [-0.2, 0) is 22.3 Å². The molecule has 3 aromatic heterocycles. The minimum atomic E-state index is -4.57. The normalized spacial score (nSPS) is 20.7. The third kappa shape index (κ3) is 3.97. The summed E-state index contributed by atoms with van der Waals surface area (Å²) in [6, 6.07) is 1.20. The number of alkyl halides is 3. The van der Waals surface area contributed by atoms with Gasteiger partial charge in [-0.05, 0) is 43.4 Å². The summed E-state index contributed by atoms with van der Waals surface area (Å²) < 4.78 is 42.3. The van der Waals surface area contributed by atoms with Crippen molar-refractivity contribution in [3.63, 3.8) is 0 Å². The highest BCUT2D eigenvalue weighted by Crippen LogP contribution is 2.48. The molecule has 10 nitrogen and oxygen atoms in total. The number of hydrogen-bond acceptors (Lipinski definition) is 7. The highest BCUT2D eigenvalue weighted by atomic mass is 35.5. The molecule has 1 aliphatic heterocycles. The molecule has 1 aliphatic carbocycles. The zero-order valence-corrected chi connectivity index (χ0v) is 20.6. The number of hydrogen-bond donors (Lipinski definition) is 2. The fraction of sp³-hybridized carbons (Fsp3) is 0.333. The van der Waals surface area contributed by atoms with Crippen LogP contribution in [0.3, 0.4) is 0 Å². The van der Waals surface area contributed by atoms with Gasteiger partial charge in [0.2, 0.25) is 11.8 Å². The van der Waals surface area contributed by atoms with Crippen molar-refractivity contribution in [1.29, 1.82) is 0 Å². The van der Waals surface area contributed by atoms with E-state index < -0.39 is 23.7 Å². The van der Waals surface area contributed by atoms with E-state index in [1.807, 2.05) is 0 Å². The van der Waals surface area contributed by atoms with Crippen LogP contribution in [0, 0.1) is 12.8 Å². The summed E-state index contributed by atoms with van der Waals surface area (Å²) in [5, 5.41) is 3.22. The first-order chi connectivity index (χ1) is 18.0. The molecule has 3 atom stereocenters. The lowest BCUT2D eigenvalue weighted by Gasteiger charge is -2.27. The van der Waals surface area contributed by atoms with Gasteiger partial charge < -0.3 is 20.5 Å². The zero-order valence-electron chi connectivity index (χ0n) is 19.8. The Morgan fingerprint density at radius 1 is 1.21 bits per heavy atom. The number of nitrogens with one attached hydrogen (secondary N) is 1. The van der Waals surface area contributed by atoms with E-state index in [1.54, 1.807) is 9.47 Å². The lowest BCUT2D eigenvalue weighted by atomic mass is 10.1. The summed E-state index contributed by atoms with van der Waals surface area (Å²) in [6.07, 6.45) is 0.588. The molecule has 1 unspecified atom stereocenters. The van der Waals surface area contributed by atoms with Crippen LogP contribution in [0.15, 0.2) is 30.9 Å². The van der Waals surface area contributed by atoms with Gasteiger partial charge >= 0.3 is 6.18 Å². The number of likely N-dealkylation sites (tertiary alicyclic amines) is 1. The van der Waals surface area contributed by atoms with Crippen LogP contribution in [0.4, 0.5) is 24.8 Å². The molecule has 14 heteroatoms. The molecule has 6 rings (SSSR count). The van der Waals surface area contributed by atoms with Crippen molar-refractivity contribution < 1.29 is 22.8 Å². The molecule has 3 N–H and O–H groups in total. The SMILES string of the molecule is Cc1cc(C(F)(F)F)cc2c3c(N)ncnc3n(CC(=O)N3C(C(=O)Nc4cncc(Cl)n4)C[C@H]4C[C@@H]43)c12. The zero-order chi connectivity index (χ0) is 26.9. The highest BCUT2D eigenvalue weighted by Gasteiger charge is 2.56. The standard InChI is InChI=1S/C24H20ClF3N8O2/c1-10-2-12(24(26,27)28)5-13-19-21(29)31-9-32-22(19)35(20(10)13)8-18(37)36-14-3-11(14)4-15(36)23(38)34-17-7-30-6-16(25)33-17/h2,5-7,9,11,14-15H,3-4,8H2,1H3,(H2,29,31,32)(H,33,34,38)/t11-,14+,15?/m1/s1. The van der Waals surface area contributed by atoms with Gasteiger partial charge in [-0.3, -0.25) is 14.6 Å². The lowest BCUT2D eigenvalue weighted by Crippen LogP contribution is -2.46. The maximum absolute atomic E-state index is 13.7. The Morgan fingerprint density at radius 3 is 2.74 bits per heavy atom. The first kappa shape index (κ1) is 24.3. The molecule has 4 heterocycles. The Kier molecular flexibility index (Phi) is 5.45. The topological polar surface area (TPSA) is 132 Å². The van der Waals surface area contributed by atoms with E-state index in [2.05, 4.69) is 25.3 Å². The Bertz CT molecular complexity index is 1640. The van der Waals surface area contributed by atoms with E-state index in [0.29, 0.717) is 17.5 Å². The number of halogens is 4. The van der Waals surface area contributed by atoms with Crippen LogP contribution in [0.25, 0.3) is 21.9 Å². The molecule has 1 aromatic carbocycles. The van der Waals surface area contributed by atoms with Gasteiger partial charge in [-0.15, -0.1) is 0 Å². The van der Waals surface area contributed by atoms with Crippen LogP contribution in [0.2, 0.25) is 5.15 Å². The lowest BCUT2D eigenvalue weighted by molar-refractivity contribution is -0.138. The van der Waals surface area contributed by atoms with Gasteiger partial charge in [-0.1, -0.05) is 11.6 Å². The molecule has 0 bridgehead atoms. The van der Waals surface area contributed by atoms with Crippen LogP contribution >= 0.6 is 11.6 Å². The van der Waals surface area contributed by atoms with E-state index in [0.717, 1.165) is 18.6 Å². The molecular formula is C24H20ClF3N8O2. The number of anilines is 2. The van der Waals surface area contributed by atoms with Crippen molar-refractivity contribution in [3.8, 4) is 0 Å². The number of nitrogen functional groups attached to an aromatic ring is 1. The average Bonchev–Trinajstić information content (AvgIpc) is 3.38. The van der Waals surface area contributed by atoms with Crippen molar-refractivity contribution in [2.24, 2.45) is 5.92 Å². The maximum atomic E-state index is 13.7. The van der Waals surface area contributed by atoms with E-state index in [9.17, 15) is 22.8 Å². The fourth-order valence-electron chi connectivity index (χ4n) is 5.48. The summed E-state index contributed by atoms with van der Waals surface area (Å²) in [7, 11) is 0. The number of piperidine rings is 1. The van der Waals surface area contributed by atoms with Gasteiger partial charge in [0.05, 0.1) is 28.9 Å². The molecule has 38 heavy (non-hydrogen) atoms. The van der Waals surface area contributed by atoms with Gasteiger partial charge in [0, 0.05) is 11.4 Å². The molecule has 0 spiro atoms. The third-order valence-electron chi connectivity index (χ3n) is 7.12. The summed E-state index contributed by atoms with van der Waals surface area (Å²) in [4.78, 5) is 44.5.